The highest BCUT2D eigenvalue weighted by molar-refractivity contribution is 6.09. The Bertz CT molecular complexity index is 1670. The SMILES string of the molecule is O=C(O)c1ccc(CNC(=O)c2ccc(N3CCOCC3)c3ccn(Cc4ccc(-c5ccccc5)cc4)c23)cc1. The fourth-order valence-electron chi connectivity index (χ4n) is 5.38. The maximum absolute atomic E-state index is 13.5. The number of carbonyl (C=O) groups is 2. The number of ether oxygens (including phenoxy) is 1. The summed E-state index contributed by atoms with van der Waals surface area (Å²) in [7, 11) is 0. The summed E-state index contributed by atoms with van der Waals surface area (Å²) >= 11 is 0. The number of fused-ring (bicyclic) bond motifs is 1. The predicted molar refractivity (Wildman–Crippen MR) is 161 cm³/mol. The molecule has 5 aromatic rings. The number of carboxylic acid groups (broad SMARTS) is 1. The summed E-state index contributed by atoms with van der Waals surface area (Å²) in [6.45, 7) is 3.89. The smallest absolute Gasteiger partial charge is 0.335 e. The van der Waals surface area contributed by atoms with E-state index in [0.717, 1.165) is 46.4 Å². The average Bonchev–Trinajstić information content (AvgIpc) is 3.44. The first-order valence-corrected chi connectivity index (χ1v) is 13.8. The Hall–Kier alpha value is -4.88. The average molecular weight is 546 g/mol. The van der Waals surface area contributed by atoms with Gasteiger partial charge in [-0.15, -0.1) is 0 Å². The van der Waals surface area contributed by atoms with Gasteiger partial charge in [0.25, 0.3) is 5.91 Å². The molecule has 1 aromatic heterocycles. The minimum Gasteiger partial charge on any atom is -0.478 e. The maximum atomic E-state index is 13.5. The number of aromatic nitrogens is 1. The molecule has 41 heavy (non-hydrogen) atoms. The number of nitrogens with zero attached hydrogens (tertiary/aromatic N) is 2. The predicted octanol–water partition coefficient (Wildman–Crippen LogP) is 5.82. The first-order valence-electron chi connectivity index (χ1n) is 13.8. The van der Waals surface area contributed by atoms with Crippen LogP contribution in [-0.4, -0.2) is 47.9 Å². The summed E-state index contributed by atoms with van der Waals surface area (Å²) in [6.07, 6.45) is 2.06. The fraction of sp³-hybridized carbons (Fsp3) is 0.176. The zero-order valence-corrected chi connectivity index (χ0v) is 22.6. The van der Waals surface area contributed by atoms with Gasteiger partial charge in [0.2, 0.25) is 0 Å². The van der Waals surface area contributed by atoms with Gasteiger partial charge < -0.3 is 24.6 Å². The highest BCUT2D eigenvalue weighted by Crippen LogP contribution is 2.32. The quantitative estimate of drug-likeness (QED) is 0.257. The van der Waals surface area contributed by atoms with Crippen LogP contribution in [0.5, 0.6) is 0 Å². The number of rotatable bonds is 8. The number of carboxylic acids is 1. The minimum atomic E-state index is -0.973. The molecular formula is C34H31N3O4. The van der Waals surface area contributed by atoms with Crippen molar-refractivity contribution >= 4 is 28.5 Å². The molecule has 0 saturated carbocycles. The van der Waals surface area contributed by atoms with E-state index in [4.69, 9.17) is 9.84 Å². The van der Waals surface area contributed by atoms with Crippen LogP contribution in [0.2, 0.25) is 0 Å². The van der Waals surface area contributed by atoms with Crippen molar-refractivity contribution in [3.05, 3.63) is 126 Å². The second-order valence-corrected chi connectivity index (χ2v) is 10.2. The Morgan fingerprint density at radius 1 is 0.780 bits per heavy atom. The number of hydrogen-bond donors (Lipinski definition) is 2. The summed E-state index contributed by atoms with van der Waals surface area (Å²) in [4.78, 5) is 27.0. The summed E-state index contributed by atoms with van der Waals surface area (Å²) in [5, 5.41) is 13.2. The maximum Gasteiger partial charge on any atom is 0.335 e. The Morgan fingerprint density at radius 3 is 2.17 bits per heavy atom. The van der Waals surface area contributed by atoms with Crippen molar-refractivity contribution in [2.24, 2.45) is 0 Å². The topological polar surface area (TPSA) is 83.8 Å². The zero-order chi connectivity index (χ0) is 28.2. The molecule has 0 atom stereocenters. The van der Waals surface area contributed by atoms with Crippen LogP contribution in [0.4, 0.5) is 5.69 Å². The van der Waals surface area contributed by atoms with Crippen LogP contribution in [0, 0.1) is 0 Å². The van der Waals surface area contributed by atoms with E-state index in [9.17, 15) is 9.59 Å². The molecule has 2 N–H and O–H groups in total. The van der Waals surface area contributed by atoms with Gasteiger partial charge in [0, 0.05) is 43.4 Å². The summed E-state index contributed by atoms with van der Waals surface area (Å²) < 4.78 is 7.72. The van der Waals surface area contributed by atoms with Crippen LogP contribution in [0.15, 0.2) is 103 Å². The number of carbonyl (C=O) groups excluding carboxylic acids is 1. The van der Waals surface area contributed by atoms with E-state index in [1.807, 2.05) is 30.3 Å². The fourth-order valence-corrected chi connectivity index (χ4v) is 5.38. The van der Waals surface area contributed by atoms with Crippen LogP contribution in [0.25, 0.3) is 22.0 Å². The van der Waals surface area contributed by atoms with Crippen LogP contribution >= 0.6 is 0 Å². The number of amides is 1. The molecule has 7 nitrogen and oxygen atoms in total. The number of morpholine rings is 1. The van der Waals surface area contributed by atoms with E-state index in [1.165, 1.54) is 5.56 Å². The first kappa shape index (κ1) is 26.3. The Balaban J connectivity index is 1.30. The third kappa shape index (κ3) is 5.71. The molecule has 7 heteroatoms. The van der Waals surface area contributed by atoms with E-state index in [2.05, 4.69) is 63.4 Å². The van der Waals surface area contributed by atoms with E-state index in [-0.39, 0.29) is 11.5 Å². The van der Waals surface area contributed by atoms with Gasteiger partial charge in [0.1, 0.15) is 0 Å². The summed E-state index contributed by atoms with van der Waals surface area (Å²) in [5.74, 6) is -1.15. The van der Waals surface area contributed by atoms with Gasteiger partial charge >= 0.3 is 5.97 Å². The lowest BCUT2D eigenvalue weighted by Crippen LogP contribution is -2.36. The van der Waals surface area contributed by atoms with Gasteiger partial charge in [-0.25, -0.2) is 4.79 Å². The standard InChI is InChI=1S/C34H31N3O4/c38-33(35-22-24-6-12-28(13-7-24)34(39)40)30-14-15-31(36-18-20-41-21-19-36)29-16-17-37(32(29)30)23-25-8-10-27(11-9-25)26-4-2-1-3-5-26/h1-17H,18-23H2,(H,35,38)(H,39,40). The van der Waals surface area contributed by atoms with Crippen molar-refractivity contribution in [3.8, 4) is 11.1 Å². The molecule has 2 heterocycles. The molecule has 4 aromatic carbocycles. The molecule has 1 amide bonds. The molecule has 206 valence electrons. The molecule has 0 unspecified atom stereocenters. The third-order valence-corrected chi connectivity index (χ3v) is 7.57. The number of anilines is 1. The van der Waals surface area contributed by atoms with Crippen molar-refractivity contribution in [3.63, 3.8) is 0 Å². The monoisotopic (exact) mass is 545 g/mol. The minimum absolute atomic E-state index is 0.176. The molecular weight excluding hydrogens is 514 g/mol. The molecule has 1 aliphatic rings. The third-order valence-electron chi connectivity index (χ3n) is 7.57. The molecule has 0 aliphatic carbocycles. The Labute approximate surface area is 238 Å². The van der Waals surface area contributed by atoms with Gasteiger partial charge in [-0.3, -0.25) is 4.79 Å². The van der Waals surface area contributed by atoms with Gasteiger partial charge in [0.05, 0.1) is 29.9 Å². The van der Waals surface area contributed by atoms with E-state index >= 15 is 0 Å². The number of aromatic carboxylic acids is 1. The van der Waals surface area contributed by atoms with Gasteiger partial charge in [-0.1, -0.05) is 66.7 Å². The molecule has 1 saturated heterocycles. The summed E-state index contributed by atoms with van der Waals surface area (Å²) in [6, 6.07) is 31.4. The normalized spacial score (nSPS) is 13.3. The van der Waals surface area contributed by atoms with Crippen molar-refractivity contribution < 1.29 is 19.4 Å². The van der Waals surface area contributed by atoms with Crippen LogP contribution in [-0.2, 0) is 17.8 Å². The molecule has 0 spiro atoms. The lowest BCUT2D eigenvalue weighted by molar-refractivity contribution is 0.0696. The summed E-state index contributed by atoms with van der Waals surface area (Å²) in [5.41, 5.74) is 7.12. The molecule has 6 rings (SSSR count). The molecule has 1 fully saturated rings. The number of nitrogens with one attached hydrogen (secondary N) is 1. The van der Waals surface area contributed by atoms with Crippen molar-refractivity contribution in [2.75, 3.05) is 31.2 Å². The van der Waals surface area contributed by atoms with E-state index < -0.39 is 5.97 Å². The van der Waals surface area contributed by atoms with E-state index in [1.54, 1.807) is 24.3 Å². The lowest BCUT2D eigenvalue weighted by atomic mass is 10.0. The highest BCUT2D eigenvalue weighted by atomic mass is 16.5. The van der Waals surface area contributed by atoms with Crippen molar-refractivity contribution in [1.29, 1.82) is 0 Å². The second kappa shape index (κ2) is 11.7. The van der Waals surface area contributed by atoms with Crippen LogP contribution in [0.1, 0.15) is 31.8 Å². The van der Waals surface area contributed by atoms with E-state index in [0.29, 0.717) is 31.9 Å². The van der Waals surface area contributed by atoms with Gasteiger partial charge in [0.15, 0.2) is 0 Å². The Morgan fingerprint density at radius 2 is 1.46 bits per heavy atom. The first-order chi connectivity index (χ1) is 20.1. The van der Waals surface area contributed by atoms with Gasteiger partial charge in [-0.05, 0) is 52.6 Å². The van der Waals surface area contributed by atoms with Crippen molar-refractivity contribution in [2.45, 2.75) is 13.1 Å². The Kier molecular flexibility index (Phi) is 7.52. The van der Waals surface area contributed by atoms with Crippen LogP contribution < -0.4 is 10.2 Å². The second-order valence-electron chi connectivity index (χ2n) is 10.2. The zero-order valence-electron chi connectivity index (χ0n) is 22.6. The molecule has 0 bridgehead atoms. The lowest BCUT2D eigenvalue weighted by Gasteiger charge is -2.29. The van der Waals surface area contributed by atoms with Gasteiger partial charge in [-0.2, -0.15) is 0 Å². The van der Waals surface area contributed by atoms with Crippen molar-refractivity contribution in [1.82, 2.24) is 9.88 Å². The number of benzene rings is 4. The number of hydrogen-bond acceptors (Lipinski definition) is 4. The molecule has 0 radical (unpaired) electrons. The molecule has 1 aliphatic heterocycles. The largest absolute Gasteiger partial charge is 0.478 e. The van der Waals surface area contributed by atoms with Crippen LogP contribution in [0.3, 0.4) is 0 Å². The highest BCUT2D eigenvalue weighted by Gasteiger charge is 2.20.